The Morgan fingerprint density at radius 2 is 2.00 bits per heavy atom. The van der Waals surface area contributed by atoms with Crippen LogP contribution in [0.25, 0.3) is 10.3 Å². The summed E-state index contributed by atoms with van der Waals surface area (Å²) in [4.78, 5) is 11.2. The number of nitriles is 1. The molecule has 4 aromatic rings. The van der Waals surface area contributed by atoms with Crippen LogP contribution >= 0.6 is 22.9 Å². The van der Waals surface area contributed by atoms with E-state index < -0.39 is 5.82 Å². The van der Waals surface area contributed by atoms with Gasteiger partial charge >= 0.3 is 0 Å². The highest BCUT2D eigenvalue weighted by atomic mass is 35.5. The number of benzene rings is 2. The summed E-state index contributed by atoms with van der Waals surface area (Å²) in [6.45, 7) is 2.02. The lowest BCUT2D eigenvalue weighted by atomic mass is 10.1. The van der Waals surface area contributed by atoms with Crippen molar-refractivity contribution in [2.24, 2.45) is 0 Å². The molecule has 2 aromatic heterocycles. The van der Waals surface area contributed by atoms with Crippen LogP contribution in [0.4, 0.5) is 26.6 Å². The second-order valence-electron chi connectivity index (χ2n) is 8.36. The molecule has 0 radical (unpaired) electrons. The Labute approximate surface area is 210 Å². The minimum absolute atomic E-state index is 0.00877. The number of aliphatic hydroxyl groups is 1. The Morgan fingerprint density at radius 1 is 1.20 bits per heavy atom. The summed E-state index contributed by atoms with van der Waals surface area (Å²) in [6, 6.07) is 14.8. The number of likely N-dealkylation sites (tertiary alicyclic amines) is 1. The molecule has 0 bridgehead atoms. The Bertz CT molecular complexity index is 1400. The van der Waals surface area contributed by atoms with Crippen molar-refractivity contribution < 1.29 is 9.50 Å². The number of anilines is 4. The molecule has 1 aliphatic rings. The molecule has 0 amide bonds. The molecule has 1 fully saturated rings. The monoisotopic (exact) mass is 508 g/mol. The first-order valence-electron chi connectivity index (χ1n) is 11.2. The van der Waals surface area contributed by atoms with Crippen LogP contribution in [0, 0.1) is 17.1 Å². The van der Waals surface area contributed by atoms with Crippen molar-refractivity contribution in [1.82, 2.24) is 14.9 Å². The second-order valence-corrected chi connectivity index (χ2v) is 9.76. The first-order valence-corrected chi connectivity index (χ1v) is 12.4. The van der Waals surface area contributed by atoms with E-state index in [1.807, 2.05) is 12.1 Å². The van der Waals surface area contributed by atoms with Crippen molar-refractivity contribution in [2.45, 2.75) is 25.4 Å². The summed E-state index contributed by atoms with van der Waals surface area (Å²) in [7, 11) is 0. The number of aromatic nitrogens is 2. The van der Waals surface area contributed by atoms with E-state index in [1.165, 1.54) is 35.2 Å². The summed E-state index contributed by atoms with van der Waals surface area (Å²) >= 11 is 7.28. The Balaban J connectivity index is 1.36. The third-order valence-corrected chi connectivity index (χ3v) is 7.30. The lowest BCUT2D eigenvalue weighted by molar-refractivity contribution is 0.153. The first-order chi connectivity index (χ1) is 17.0. The molecule has 0 spiro atoms. The zero-order valence-corrected chi connectivity index (χ0v) is 20.2. The van der Waals surface area contributed by atoms with Crippen molar-refractivity contribution in [3.05, 3.63) is 70.6 Å². The standard InChI is InChI=1S/C25H22ClFN6OS/c26-20-10-18(7-8-21(20)27)30-22-16(11-28)12-29-24-23(22)35-25(32-24)31-17-5-3-15(4-6-17)13-33-9-1-2-19(33)14-34/h3-8,10,12,19,34H,1-2,9,13-14H2,(H2,29,30,31,32)/t19-/m0/s1. The molecular formula is C25H22ClFN6OS. The number of fused-ring (bicyclic) bond motifs is 1. The van der Waals surface area contributed by atoms with Crippen LogP contribution < -0.4 is 10.6 Å². The maximum absolute atomic E-state index is 13.6. The van der Waals surface area contributed by atoms with Gasteiger partial charge in [-0.05, 0) is 55.3 Å². The molecule has 35 heavy (non-hydrogen) atoms. The summed E-state index contributed by atoms with van der Waals surface area (Å²) in [5, 5.41) is 26.2. The number of hydrogen-bond donors (Lipinski definition) is 3. The fourth-order valence-corrected chi connectivity index (χ4v) is 5.34. The lowest BCUT2D eigenvalue weighted by Gasteiger charge is -2.22. The maximum Gasteiger partial charge on any atom is 0.189 e. The number of hydrogen-bond acceptors (Lipinski definition) is 8. The van der Waals surface area contributed by atoms with Gasteiger partial charge in [0.15, 0.2) is 10.8 Å². The fourth-order valence-electron chi connectivity index (χ4n) is 4.22. The van der Waals surface area contributed by atoms with Gasteiger partial charge in [-0.25, -0.2) is 9.37 Å². The molecule has 10 heteroatoms. The molecule has 0 unspecified atom stereocenters. The van der Waals surface area contributed by atoms with E-state index in [0.717, 1.165) is 31.6 Å². The van der Waals surface area contributed by atoms with Crippen LogP contribution in [-0.2, 0) is 6.54 Å². The highest BCUT2D eigenvalue weighted by Gasteiger charge is 2.23. The predicted molar refractivity (Wildman–Crippen MR) is 137 cm³/mol. The second kappa shape index (κ2) is 10.1. The lowest BCUT2D eigenvalue weighted by Crippen LogP contribution is -2.31. The third-order valence-electron chi connectivity index (χ3n) is 6.03. The fraction of sp³-hybridized carbons (Fsp3) is 0.240. The number of halogens is 2. The molecule has 2 aromatic carbocycles. The minimum Gasteiger partial charge on any atom is -0.395 e. The number of aliphatic hydroxyl groups excluding tert-OH is 1. The van der Waals surface area contributed by atoms with Gasteiger partial charge in [0.1, 0.15) is 16.6 Å². The minimum atomic E-state index is -0.512. The van der Waals surface area contributed by atoms with Gasteiger partial charge in [-0.1, -0.05) is 35.1 Å². The number of nitrogens with one attached hydrogen (secondary N) is 2. The van der Waals surface area contributed by atoms with Gasteiger partial charge in [-0.2, -0.15) is 10.2 Å². The van der Waals surface area contributed by atoms with Gasteiger partial charge in [0, 0.05) is 30.2 Å². The Morgan fingerprint density at radius 3 is 2.74 bits per heavy atom. The van der Waals surface area contributed by atoms with E-state index in [4.69, 9.17) is 11.6 Å². The van der Waals surface area contributed by atoms with E-state index in [2.05, 4.69) is 43.7 Å². The van der Waals surface area contributed by atoms with Crippen LogP contribution in [-0.4, -0.2) is 39.2 Å². The largest absolute Gasteiger partial charge is 0.395 e. The predicted octanol–water partition coefficient (Wildman–Crippen LogP) is 5.80. The van der Waals surface area contributed by atoms with E-state index in [-0.39, 0.29) is 17.7 Å². The smallest absolute Gasteiger partial charge is 0.189 e. The molecule has 0 saturated carbocycles. The van der Waals surface area contributed by atoms with Gasteiger partial charge < -0.3 is 15.7 Å². The van der Waals surface area contributed by atoms with Crippen molar-refractivity contribution in [3.8, 4) is 6.07 Å². The van der Waals surface area contributed by atoms with Gasteiger partial charge in [0.2, 0.25) is 0 Å². The van der Waals surface area contributed by atoms with E-state index in [0.29, 0.717) is 32.4 Å². The average molecular weight is 509 g/mol. The molecule has 1 aliphatic heterocycles. The topological polar surface area (TPSA) is 97.1 Å². The van der Waals surface area contributed by atoms with Crippen LogP contribution in [0.15, 0.2) is 48.7 Å². The highest BCUT2D eigenvalue weighted by molar-refractivity contribution is 7.22. The maximum atomic E-state index is 13.6. The molecule has 0 aliphatic carbocycles. The van der Waals surface area contributed by atoms with Crippen molar-refractivity contribution in [3.63, 3.8) is 0 Å². The van der Waals surface area contributed by atoms with Gasteiger partial charge in [0.25, 0.3) is 0 Å². The van der Waals surface area contributed by atoms with Crippen molar-refractivity contribution >= 4 is 55.5 Å². The SMILES string of the molecule is N#Cc1cnc2nc(Nc3ccc(CN4CCC[C@H]4CO)cc3)sc2c1Nc1ccc(F)c(Cl)c1. The van der Waals surface area contributed by atoms with E-state index in [1.54, 1.807) is 6.07 Å². The third kappa shape index (κ3) is 5.06. The zero-order valence-electron chi connectivity index (χ0n) is 18.6. The molecule has 7 nitrogen and oxygen atoms in total. The van der Waals surface area contributed by atoms with Crippen molar-refractivity contribution in [1.29, 1.82) is 5.26 Å². The summed E-state index contributed by atoms with van der Waals surface area (Å²) in [5.41, 5.74) is 4.01. The Hall–Kier alpha value is -3.29. The Kier molecular flexibility index (Phi) is 6.79. The van der Waals surface area contributed by atoms with Crippen LogP contribution in [0.3, 0.4) is 0 Å². The van der Waals surface area contributed by atoms with Crippen molar-refractivity contribution in [2.75, 3.05) is 23.8 Å². The first kappa shape index (κ1) is 23.5. The normalized spacial score (nSPS) is 15.9. The summed E-state index contributed by atoms with van der Waals surface area (Å²) in [6.07, 6.45) is 3.63. The number of thiazole rings is 1. The molecule has 178 valence electrons. The molecule has 3 heterocycles. The van der Waals surface area contributed by atoms with Gasteiger partial charge in [-0.3, -0.25) is 4.90 Å². The van der Waals surface area contributed by atoms with Crippen LogP contribution in [0.1, 0.15) is 24.0 Å². The molecular weight excluding hydrogens is 487 g/mol. The average Bonchev–Trinajstić information content (AvgIpc) is 3.49. The van der Waals surface area contributed by atoms with Crippen LogP contribution in [0.2, 0.25) is 5.02 Å². The van der Waals surface area contributed by atoms with Gasteiger partial charge in [0.05, 0.1) is 22.9 Å². The highest BCUT2D eigenvalue weighted by Crippen LogP contribution is 2.36. The number of nitrogens with zero attached hydrogens (tertiary/aromatic N) is 4. The summed E-state index contributed by atoms with van der Waals surface area (Å²) < 4.78 is 14.3. The molecule has 3 N–H and O–H groups in total. The molecule has 1 atom stereocenters. The van der Waals surface area contributed by atoms with Crippen LogP contribution in [0.5, 0.6) is 0 Å². The van der Waals surface area contributed by atoms with E-state index in [9.17, 15) is 14.8 Å². The quantitative estimate of drug-likeness (QED) is 0.290. The zero-order chi connectivity index (χ0) is 24.4. The number of rotatable bonds is 7. The number of pyridine rings is 1. The molecule has 1 saturated heterocycles. The van der Waals surface area contributed by atoms with Gasteiger partial charge in [-0.15, -0.1) is 0 Å². The molecule has 5 rings (SSSR count). The summed E-state index contributed by atoms with van der Waals surface area (Å²) in [5.74, 6) is -0.512. The van der Waals surface area contributed by atoms with E-state index >= 15 is 0 Å².